The molecule has 13 heavy (non-hydrogen) atoms. The lowest BCUT2D eigenvalue weighted by Gasteiger charge is -1.99. The molecule has 0 aliphatic rings. The molecule has 0 unspecified atom stereocenters. The zero-order valence-electron chi connectivity index (χ0n) is 7.53. The number of halogens is 1. The van der Waals surface area contributed by atoms with Crippen LogP contribution in [0.15, 0.2) is 30.5 Å². The number of anilines is 1. The molecule has 0 amide bonds. The van der Waals surface area contributed by atoms with E-state index in [1.165, 1.54) is 10.9 Å². The molecule has 0 aliphatic heterocycles. The molecule has 0 saturated carbocycles. The Bertz CT molecular complexity index is 406. The fourth-order valence-corrected chi connectivity index (χ4v) is 1.49. The third kappa shape index (κ3) is 1.63. The summed E-state index contributed by atoms with van der Waals surface area (Å²) in [4.78, 5) is 0. The highest BCUT2D eigenvalue weighted by Gasteiger charge is 1.97. The highest BCUT2D eigenvalue weighted by molar-refractivity contribution is 5.85. The third-order valence-corrected chi connectivity index (χ3v) is 2.14. The van der Waals surface area contributed by atoms with E-state index in [1.807, 2.05) is 12.1 Å². The summed E-state index contributed by atoms with van der Waals surface area (Å²) in [5.74, 6) is 0. The van der Waals surface area contributed by atoms with Gasteiger partial charge in [0.05, 0.1) is 0 Å². The normalized spacial score (nSPS) is 9.92. The molecule has 3 heteroatoms. The Morgan fingerprint density at radius 1 is 1.31 bits per heavy atom. The minimum atomic E-state index is 0. The van der Waals surface area contributed by atoms with Gasteiger partial charge in [0.15, 0.2) is 0 Å². The average molecular weight is 197 g/mol. The lowest BCUT2D eigenvalue weighted by Crippen LogP contribution is -1.90. The van der Waals surface area contributed by atoms with Gasteiger partial charge in [-0.15, -0.1) is 12.4 Å². The number of fused-ring (bicyclic) bond motifs is 1. The molecule has 0 radical (unpaired) electrons. The van der Waals surface area contributed by atoms with Crippen molar-refractivity contribution >= 4 is 29.0 Å². The zero-order valence-corrected chi connectivity index (χ0v) is 8.34. The molecule has 0 bridgehead atoms. The van der Waals surface area contributed by atoms with Gasteiger partial charge in [-0.1, -0.05) is 0 Å². The molecule has 2 N–H and O–H groups in total. The standard InChI is InChI=1S/C10H12N2.ClH/c1-2-12-6-5-8-7-9(11)3-4-10(8)12;/h3-7H,2,11H2,1H3;1H. The Hall–Kier alpha value is -1.15. The van der Waals surface area contributed by atoms with E-state index in [-0.39, 0.29) is 12.4 Å². The Morgan fingerprint density at radius 2 is 2.08 bits per heavy atom. The molecule has 0 atom stereocenters. The lowest BCUT2D eigenvalue weighted by atomic mass is 10.2. The van der Waals surface area contributed by atoms with Crippen molar-refractivity contribution in [3.05, 3.63) is 30.5 Å². The fraction of sp³-hybridized carbons (Fsp3) is 0.200. The summed E-state index contributed by atoms with van der Waals surface area (Å²) in [6.45, 7) is 3.14. The number of nitrogen functional groups attached to an aromatic ring is 1. The molecule has 0 saturated heterocycles. The van der Waals surface area contributed by atoms with E-state index in [4.69, 9.17) is 5.73 Å². The minimum Gasteiger partial charge on any atom is -0.399 e. The maximum atomic E-state index is 5.67. The van der Waals surface area contributed by atoms with E-state index in [9.17, 15) is 0 Å². The van der Waals surface area contributed by atoms with E-state index >= 15 is 0 Å². The van der Waals surface area contributed by atoms with Crippen molar-refractivity contribution in [2.45, 2.75) is 13.5 Å². The first-order valence-corrected chi connectivity index (χ1v) is 4.15. The molecule has 2 aromatic rings. The Kier molecular flexibility index (Phi) is 2.83. The second-order valence-corrected chi connectivity index (χ2v) is 2.92. The molecular formula is C10H13ClN2. The SMILES string of the molecule is CCn1ccc2cc(N)ccc21.Cl. The molecule has 1 aromatic carbocycles. The molecule has 1 heterocycles. The zero-order chi connectivity index (χ0) is 8.55. The Morgan fingerprint density at radius 3 is 2.77 bits per heavy atom. The second kappa shape index (κ2) is 3.71. The summed E-state index contributed by atoms with van der Waals surface area (Å²) >= 11 is 0. The first-order valence-electron chi connectivity index (χ1n) is 4.15. The number of benzene rings is 1. The van der Waals surface area contributed by atoms with Gasteiger partial charge in [-0.2, -0.15) is 0 Å². The van der Waals surface area contributed by atoms with E-state index in [1.54, 1.807) is 0 Å². The molecule has 1 aromatic heterocycles. The maximum Gasteiger partial charge on any atom is 0.0481 e. The van der Waals surface area contributed by atoms with Crippen LogP contribution in [0.3, 0.4) is 0 Å². The highest BCUT2D eigenvalue weighted by atomic mass is 35.5. The summed E-state index contributed by atoms with van der Waals surface area (Å²) < 4.78 is 2.20. The number of nitrogens with zero attached hydrogens (tertiary/aromatic N) is 1. The lowest BCUT2D eigenvalue weighted by molar-refractivity contribution is 0.798. The topological polar surface area (TPSA) is 30.9 Å². The van der Waals surface area contributed by atoms with Crippen LogP contribution in [0, 0.1) is 0 Å². The molecule has 0 aliphatic carbocycles. The van der Waals surface area contributed by atoms with Crippen LogP contribution in [0.4, 0.5) is 5.69 Å². The molecular weight excluding hydrogens is 184 g/mol. The van der Waals surface area contributed by atoms with E-state index in [0.29, 0.717) is 0 Å². The monoisotopic (exact) mass is 196 g/mol. The van der Waals surface area contributed by atoms with Gasteiger partial charge in [0.25, 0.3) is 0 Å². The number of nitrogens with two attached hydrogens (primary N) is 1. The smallest absolute Gasteiger partial charge is 0.0481 e. The van der Waals surface area contributed by atoms with Crippen molar-refractivity contribution in [3.63, 3.8) is 0 Å². The molecule has 0 spiro atoms. The summed E-state index contributed by atoms with van der Waals surface area (Å²) in [7, 11) is 0. The van der Waals surface area contributed by atoms with Gasteiger partial charge < -0.3 is 10.3 Å². The van der Waals surface area contributed by atoms with E-state index in [2.05, 4.69) is 29.8 Å². The summed E-state index contributed by atoms with van der Waals surface area (Å²) in [6, 6.07) is 8.10. The van der Waals surface area contributed by atoms with E-state index < -0.39 is 0 Å². The maximum absolute atomic E-state index is 5.67. The number of hydrogen-bond acceptors (Lipinski definition) is 1. The van der Waals surface area contributed by atoms with Gasteiger partial charge in [0.2, 0.25) is 0 Å². The van der Waals surface area contributed by atoms with Crippen LogP contribution in [0.2, 0.25) is 0 Å². The van der Waals surface area contributed by atoms with E-state index in [0.717, 1.165) is 12.2 Å². The average Bonchev–Trinajstić information content (AvgIpc) is 2.46. The Labute approximate surface area is 83.8 Å². The van der Waals surface area contributed by atoms with Crippen molar-refractivity contribution in [2.75, 3.05) is 5.73 Å². The van der Waals surface area contributed by atoms with Gasteiger partial charge in [0, 0.05) is 29.3 Å². The summed E-state index contributed by atoms with van der Waals surface area (Å²) in [6.07, 6.45) is 2.09. The van der Waals surface area contributed by atoms with Crippen molar-refractivity contribution in [1.82, 2.24) is 4.57 Å². The van der Waals surface area contributed by atoms with Gasteiger partial charge in [-0.05, 0) is 31.2 Å². The summed E-state index contributed by atoms with van der Waals surface area (Å²) in [5, 5.41) is 1.22. The van der Waals surface area contributed by atoms with Crippen LogP contribution in [-0.4, -0.2) is 4.57 Å². The number of hydrogen-bond donors (Lipinski definition) is 1. The largest absolute Gasteiger partial charge is 0.399 e. The minimum absolute atomic E-state index is 0. The summed E-state index contributed by atoms with van der Waals surface area (Å²) in [5.41, 5.74) is 7.75. The van der Waals surface area contributed by atoms with Crippen molar-refractivity contribution in [3.8, 4) is 0 Å². The van der Waals surface area contributed by atoms with Gasteiger partial charge in [-0.25, -0.2) is 0 Å². The van der Waals surface area contributed by atoms with Crippen molar-refractivity contribution in [2.24, 2.45) is 0 Å². The third-order valence-electron chi connectivity index (χ3n) is 2.14. The molecule has 2 rings (SSSR count). The van der Waals surface area contributed by atoms with Crippen LogP contribution in [0.25, 0.3) is 10.9 Å². The van der Waals surface area contributed by atoms with Gasteiger partial charge >= 0.3 is 0 Å². The van der Waals surface area contributed by atoms with Crippen LogP contribution in [-0.2, 0) is 6.54 Å². The quantitative estimate of drug-likeness (QED) is 0.699. The fourth-order valence-electron chi connectivity index (χ4n) is 1.49. The first kappa shape index (κ1) is 9.93. The predicted octanol–water partition coefficient (Wildman–Crippen LogP) is 2.67. The molecule has 0 fully saturated rings. The van der Waals surface area contributed by atoms with Gasteiger partial charge in [-0.3, -0.25) is 0 Å². The second-order valence-electron chi connectivity index (χ2n) is 2.92. The molecule has 2 nitrogen and oxygen atoms in total. The van der Waals surface area contributed by atoms with Crippen molar-refractivity contribution < 1.29 is 0 Å². The van der Waals surface area contributed by atoms with Gasteiger partial charge in [0.1, 0.15) is 0 Å². The van der Waals surface area contributed by atoms with Crippen molar-refractivity contribution in [1.29, 1.82) is 0 Å². The van der Waals surface area contributed by atoms with Crippen LogP contribution in [0.5, 0.6) is 0 Å². The van der Waals surface area contributed by atoms with Crippen LogP contribution < -0.4 is 5.73 Å². The highest BCUT2D eigenvalue weighted by Crippen LogP contribution is 2.18. The number of aryl methyl sites for hydroxylation is 1. The predicted molar refractivity (Wildman–Crippen MR) is 59.3 cm³/mol. The van der Waals surface area contributed by atoms with Crippen LogP contribution >= 0.6 is 12.4 Å². The Balaban J connectivity index is 0.000000845. The number of rotatable bonds is 1. The number of aromatic nitrogens is 1. The van der Waals surface area contributed by atoms with Crippen LogP contribution in [0.1, 0.15) is 6.92 Å². The first-order chi connectivity index (χ1) is 5.81. The molecule has 70 valence electrons.